The zero-order chi connectivity index (χ0) is 19.0. The molecule has 0 spiro atoms. The molecule has 0 aromatic heterocycles. The number of amides is 3. The Kier molecular flexibility index (Phi) is 7.42. The average Bonchev–Trinajstić information content (AvgIpc) is 2.50. The van der Waals surface area contributed by atoms with Gasteiger partial charge in [0.25, 0.3) is 5.91 Å². The molecule has 1 atom stereocenters. The lowest BCUT2D eigenvalue weighted by Gasteiger charge is -2.19. The highest BCUT2D eigenvalue weighted by Crippen LogP contribution is 2.24. The van der Waals surface area contributed by atoms with E-state index in [4.69, 9.17) is 15.2 Å². The van der Waals surface area contributed by atoms with Crippen LogP contribution in [0.1, 0.15) is 46.1 Å². The lowest BCUT2D eigenvalue weighted by Crippen LogP contribution is -2.42. The zero-order valence-corrected chi connectivity index (χ0v) is 15.1. The third-order valence-corrected chi connectivity index (χ3v) is 3.44. The number of ether oxygens (including phenoxy) is 2. The van der Waals surface area contributed by atoms with E-state index in [2.05, 4.69) is 20.8 Å². The van der Waals surface area contributed by atoms with E-state index < -0.39 is 24.0 Å². The molecule has 0 heterocycles. The zero-order valence-electron chi connectivity index (χ0n) is 15.1. The van der Waals surface area contributed by atoms with E-state index in [1.165, 1.54) is 12.5 Å². The van der Waals surface area contributed by atoms with Crippen molar-refractivity contribution in [2.75, 3.05) is 6.61 Å². The largest absolute Gasteiger partial charge is 0.494 e. The first kappa shape index (κ1) is 20.5. The predicted octanol–water partition coefficient (Wildman–Crippen LogP) is 2.27. The third kappa shape index (κ3) is 7.69. The number of nitrogens with two attached hydrogens (primary N) is 1. The summed E-state index contributed by atoms with van der Waals surface area (Å²) in [7, 11) is 0. The minimum Gasteiger partial charge on any atom is -0.494 e. The molecule has 0 aliphatic rings. The van der Waals surface area contributed by atoms with Crippen molar-refractivity contribution in [3.05, 3.63) is 29.8 Å². The molecule has 1 rings (SSSR count). The molecule has 1 aromatic rings. The summed E-state index contributed by atoms with van der Waals surface area (Å²) in [5.41, 5.74) is 6.12. The van der Waals surface area contributed by atoms with Gasteiger partial charge in [0.05, 0.1) is 6.61 Å². The quantitative estimate of drug-likeness (QED) is 0.579. The Balaban J connectivity index is 2.30. The Hall–Kier alpha value is -2.57. The fourth-order valence-corrected chi connectivity index (χ4v) is 1.99. The van der Waals surface area contributed by atoms with Crippen LogP contribution in [0.15, 0.2) is 24.3 Å². The monoisotopic (exact) mass is 350 g/mol. The highest BCUT2D eigenvalue weighted by Gasteiger charge is 2.18. The van der Waals surface area contributed by atoms with Crippen molar-refractivity contribution in [2.45, 2.75) is 52.1 Å². The SMILES string of the molecule is C[C@@H](OC(=O)CCCOc1ccc(C(C)(C)C)cc1)C(=O)NC(N)=O. The second kappa shape index (κ2) is 9.05. The van der Waals surface area contributed by atoms with Gasteiger partial charge in [0.15, 0.2) is 6.10 Å². The highest BCUT2D eigenvalue weighted by molar-refractivity contribution is 5.96. The summed E-state index contributed by atoms with van der Waals surface area (Å²) in [5, 5.41) is 1.85. The Morgan fingerprint density at radius 1 is 1.16 bits per heavy atom. The summed E-state index contributed by atoms with van der Waals surface area (Å²) >= 11 is 0. The van der Waals surface area contributed by atoms with Gasteiger partial charge < -0.3 is 15.2 Å². The second-order valence-corrected chi connectivity index (χ2v) is 6.71. The summed E-state index contributed by atoms with van der Waals surface area (Å²) in [6.07, 6.45) is -0.524. The van der Waals surface area contributed by atoms with Crippen LogP contribution in [0.25, 0.3) is 0 Å². The molecule has 0 radical (unpaired) electrons. The topological polar surface area (TPSA) is 108 Å². The van der Waals surface area contributed by atoms with Crippen molar-refractivity contribution in [3.8, 4) is 5.75 Å². The van der Waals surface area contributed by atoms with E-state index in [9.17, 15) is 14.4 Å². The second-order valence-electron chi connectivity index (χ2n) is 6.71. The van der Waals surface area contributed by atoms with Crippen LogP contribution in [0.3, 0.4) is 0 Å². The number of hydrogen-bond donors (Lipinski definition) is 2. The highest BCUT2D eigenvalue weighted by atomic mass is 16.5. The molecule has 0 bridgehead atoms. The molecule has 0 aliphatic heterocycles. The third-order valence-electron chi connectivity index (χ3n) is 3.44. The summed E-state index contributed by atoms with van der Waals surface area (Å²) in [4.78, 5) is 33.6. The van der Waals surface area contributed by atoms with Crippen molar-refractivity contribution < 1.29 is 23.9 Å². The normalized spacial score (nSPS) is 12.2. The molecule has 0 aliphatic carbocycles. The maximum atomic E-state index is 11.6. The number of esters is 1. The van der Waals surface area contributed by atoms with E-state index >= 15 is 0 Å². The minimum absolute atomic E-state index is 0.0831. The lowest BCUT2D eigenvalue weighted by atomic mass is 9.87. The van der Waals surface area contributed by atoms with Crippen LogP contribution < -0.4 is 15.8 Å². The fraction of sp³-hybridized carbons (Fsp3) is 0.500. The fourth-order valence-electron chi connectivity index (χ4n) is 1.99. The smallest absolute Gasteiger partial charge is 0.318 e. The molecule has 0 saturated heterocycles. The number of benzene rings is 1. The first-order valence-corrected chi connectivity index (χ1v) is 8.12. The Bertz CT molecular complexity index is 605. The van der Waals surface area contributed by atoms with E-state index in [0.717, 1.165) is 5.75 Å². The van der Waals surface area contributed by atoms with Gasteiger partial charge in [-0.15, -0.1) is 0 Å². The number of rotatable bonds is 7. The Morgan fingerprint density at radius 2 is 1.76 bits per heavy atom. The minimum atomic E-state index is -1.08. The first-order valence-electron chi connectivity index (χ1n) is 8.12. The van der Waals surface area contributed by atoms with Crippen molar-refractivity contribution in [2.24, 2.45) is 5.73 Å². The van der Waals surface area contributed by atoms with E-state index in [1.807, 2.05) is 29.6 Å². The number of imide groups is 1. The van der Waals surface area contributed by atoms with Gasteiger partial charge in [-0.25, -0.2) is 4.79 Å². The van der Waals surface area contributed by atoms with Gasteiger partial charge in [-0.3, -0.25) is 14.9 Å². The van der Waals surface area contributed by atoms with Crippen molar-refractivity contribution in [1.82, 2.24) is 5.32 Å². The summed E-state index contributed by atoms with van der Waals surface area (Å²) in [5.74, 6) is -0.564. The van der Waals surface area contributed by atoms with Gasteiger partial charge in [-0.05, 0) is 36.5 Å². The molecule has 0 unspecified atom stereocenters. The van der Waals surface area contributed by atoms with Crippen LogP contribution in [0.4, 0.5) is 4.79 Å². The Labute approximate surface area is 147 Å². The molecule has 7 heteroatoms. The standard InChI is InChI=1S/C18H26N2O5/c1-12(16(22)20-17(19)23)25-15(21)6-5-11-24-14-9-7-13(8-10-14)18(2,3)4/h7-10,12H,5-6,11H2,1-4H3,(H3,19,20,22,23)/t12-/m1/s1. The first-order chi connectivity index (χ1) is 11.6. The van der Waals surface area contributed by atoms with Crippen LogP contribution >= 0.6 is 0 Å². The molecule has 0 fully saturated rings. The predicted molar refractivity (Wildman–Crippen MR) is 93.2 cm³/mol. The van der Waals surface area contributed by atoms with Gasteiger partial charge >= 0.3 is 12.0 Å². The summed E-state index contributed by atoms with van der Waals surface area (Å²) in [6.45, 7) is 8.13. The van der Waals surface area contributed by atoms with Gasteiger partial charge in [0.1, 0.15) is 5.75 Å². The Morgan fingerprint density at radius 3 is 2.28 bits per heavy atom. The van der Waals surface area contributed by atoms with E-state index in [0.29, 0.717) is 13.0 Å². The summed E-state index contributed by atoms with van der Waals surface area (Å²) in [6, 6.07) is 6.84. The molecule has 3 amide bonds. The number of urea groups is 1. The van der Waals surface area contributed by atoms with Crippen LogP contribution in [0, 0.1) is 0 Å². The van der Waals surface area contributed by atoms with Gasteiger partial charge in [-0.1, -0.05) is 32.9 Å². The number of primary amides is 1. The van der Waals surface area contributed by atoms with Crippen molar-refractivity contribution in [1.29, 1.82) is 0 Å². The molecular weight excluding hydrogens is 324 g/mol. The van der Waals surface area contributed by atoms with Gasteiger partial charge in [-0.2, -0.15) is 0 Å². The maximum absolute atomic E-state index is 11.6. The molecule has 0 saturated carbocycles. The molecule has 3 N–H and O–H groups in total. The van der Waals surface area contributed by atoms with Crippen molar-refractivity contribution >= 4 is 17.9 Å². The van der Waals surface area contributed by atoms with Gasteiger partial charge in [0.2, 0.25) is 0 Å². The van der Waals surface area contributed by atoms with Gasteiger partial charge in [0, 0.05) is 6.42 Å². The van der Waals surface area contributed by atoms with E-state index in [-0.39, 0.29) is 11.8 Å². The van der Waals surface area contributed by atoms with Crippen LogP contribution in [-0.4, -0.2) is 30.6 Å². The van der Waals surface area contributed by atoms with Crippen molar-refractivity contribution in [3.63, 3.8) is 0 Å². The summed E-state index contributed by atoms with van der Waals surface area (Å²) < 4.78 is 10.5. The lowest BCUT2D eigenvalue weighted by molar-refractivity contribution is -0.154. The molecule has 25 heavy (non-hydrogen) atoms. The molecule has 7 nitrogen and oxygen atoms in total. The molecule has 1 aromatic carbocycles. The van der Waals surface area contributed by atoms with Crippen LogP contribution in [-0.2, 0) is 19.7 Å². The van der Waals surface area contributed by atoms with Crippen LogP contribution in [0.2, 0.25) is 0 Å². The number of carbonyl (C=O) groups excluding carboxylic acids is 3. The average molecular weight is 350 g/mol. The molecular formula is C18H26N2O5. The number of carbonyl (C=O) groups is 3. The van der Waals surface area contributed by atoms with E-state index in [1.54, 1.807) is 0 Å². The molecule has 138 valence electrons. The number of hydrogen-bond acceptors (Lipinski definition) is 5. The van der Waals surface area contributed by atoms with Crippen LogP contribution in [0.5, 0.6) is 5.75 Å². The number of nitrogens with one attached hydrogen (secondary N) is 1. The maximum Gasteiger partial charge on any atom is 0.318 e.